The molecular formula is C15H26N2. The fourth-order valence-corrected chi connectivity index (χ4v) is 2.01. The first-order valence-corrected chi connectivity index (χ1v) is 6.73. The summed E-state index contributed by atoms with van der Waals surface area (Å²) in [4.78, 5) is 2.31. The Balaban J connectivity index is 2.14. The van der Waals surface area contributed by atoms with E-state index >= 15 is 0 Å². The van der Waals surface area contributed by atoms with Crippen LogP contribution in [0.25, 0.3) is 0 Å². The zero-order valence-corrected chi connectivity index (χ0v) is 11.4. The van der Waals surface area contributed by atoms with Gasteiger partial charge in [0.2, 0.25) is 0 Å². The third-order valence-electron chi connectivity index (χ3n) is 3.08. The third kappa shape index (κ3) is 5.73. The summed E-state index contributed by atoms with van der Waals surface area (Å²) in [5.41, 5.74) is 1.30. The highest BCUT2D eigenvalue weighted by atomic mass is 15.1. The maximum absolute atomic E-state index is 3.56. The first kappa shape index (κ1) is 14.0. The molecule has 2 heteroatoms. The number of hydrogen-bond acceptors (Lipinski definition) is 2. The second kappa shape index (κ2) is 8.13. The van der Waals surface area contributed by atoms with Gasteiger partial charge in [-0.1, -0.05) is 31.5 Å². The molecule has 0 aromatic heterocycles. The van der Waals surface area contributed by atoms with Gasteiger partial charge in [-0.15, -0.1) is 0 Å². The number of hydrogen-bond donors (Lipinski definition) is 1. The van der Waals surface area contributed by atoms with Crippen LogP contribution < -0.4 is 10.2 Å². The lowest BCUT2D eigenvalue weighted by Gasteiger charge is -2.20. The monoisotopic (exact) mass is 234 g/mol. The lowest BCUT2D eigenvalue weighted by molar-refractivity contribution is 0.502. The van der Waals surface area contributed by atoms with E-state index in [-0.39, 0.29) is 0 Å². The van der Waals surface area contributed by atoms with Crippen molar-refractivity contribution >= 4 is 5.69 Å². The molecule has 1 atom stereocenters. The molecule has 1 rings (SSSR count). The lowest BCUT2D eigenvalue weighted by atomic mass is 10.2. The molecule has 0 fully saturated rings. The van der Waals surface area contributed by atoms with Crippen molar-refractivity contribution in [3.8, 4) is 0 Å². The van der Waals surface area contributed by atoms with Crippen LogP contribution in [0, 0.1) is 0 Å². The molecule has 0 spiro atoms. The van der Waals surface area contributed by atoms with Gasteiger partial charge in [0, 0.05) is 25.3 Å². The van der Waals surface area contributed by atoms with Crippen LogP contribution in [0.5, 0.6) is 0 Å². The van der Waals surface area contributed by atoms with Gasteiger partial charge in [-0.3, -0.25) is 0 Å². The van der Waals surface area contributed by atoms with Gasteiger partial charge < -0.3 is 10.2 Å². The fraction of sp³-hybridized carbons (Fsp3) is 0.600. The molecule has 0 radical (unpaired) electrons. The summed E-state index contributed by atoms with van der Waals surface area (Å²) in [6.45, 7) is 6.72. The molecule has 0 saturated carbocycles. The van der Waals surface area contributed by atoms with Crippen LogP contribution >= 0.6 is 0 Å². The number of rotatable bonds is 8. The van der Waals surface area contributed by atoms with Crippen molar-refractivity contribution in [2.45, 2.75) is 39.2 Å². The normalized spacial score (nSPS) is 12.4. The molecule has 1 N–H and O–H groups in total. The Morgan fingerprint density at radius 2 is 1.94 bits per heavy atom. The second-order valence-corrected chi connectivity index (χ2v) is 4.75. The Labute approximate surface area is 106 Å². The van der Waals surface area contributed by atoms with E-state index in [1.807, 2.05) is 0 Å². The quantitative estimate of drug-likeness (QED) is 0.694. The molecule has 2 nitrogen and oxygen atoms in total. The van der Waals surface area contributed by atoms with Crippen LogP contribution in [-0.2, 0) is 0 Å². The summed E-state index contributed by atoms with van der Waals surface area (Å²) >= 11 is 0. The van der Waals surface area contributed by atoms with E-state index in [2.05, 4.69) is 61.4 Å². The van der Waals surface area contributed by atoms with Crippen molar-refractivity contribution in [2.24, 2.45) is 0 Å². The molecule has 0 bridgehead atoms. The topological polar surface area (TPSA) is 15.3 Å². The zero-order chi connectivity index (χ0) is 12.5. The van der Waals surface area contributed by atoms with Crippen molar-refractivity contribution in [1.29, 1.82) is 0 Å². The van der Waals surface area contributed by atoms with E-state index in [0.717, 1.165) is 13.1 Å². The molecule has 1 aromatic rings. The SMILES string of the molecule is CCCC(C)NCCCN(C)c1ccccc1. The fourth-order valence-electron chi connectivity index (χ4n) is 2.01. The first-order chi connectivity index (χ1) is 8.24. The molecule has 0 aliphatic carbocycles. The van der Waals surface area contributed by atoms with Crippen LogP contribution in [0.15, 0.2) is 30.3 Å². The highest BCUT2D eigenvalue weighted by Gasteiger charge is 2.01. The molecule has 1 unspecified atom stereocenters. The van der Waals surface area contributed by atoms with Gasteiger partial charge in [0.25, 0.3) is 0 Å². The van der Waals surface area contributed by atoms with Gasteiger partial charge in [-0.25, -0.2) is 0 Å². The predicted octanol–water partition coefficient (Wildman–Crippen LogP) is 3.29. The standard InChI is InChI=1S/C15H26N2/c1-4-9-14(2)16-12-8-13-17(3)15-10-6-5-7-11-15/h5-7,10-11,14,16H,4,8-9,12-13H2,1-3H3. The largest absolute Gasteiger partial charge is 0.375 e. The van der Waals surface area contributed by atoms with E-state index in [0.29, 0.717) is 6.04 Å². The van der Waals surface area contributed by atoms with E-state index in [1.54, 1.807) is 0 Å². The van der Waals surface area contributed by atoms with Gasteiger partial charge in [0.05, 0.1) is 0 Å². The Morgan fingerprint density at radius 1 is 1.24 bits per heavy atom. The van der Waals surface area contributed by atoms with E-state index in [9.17, 15) is 0 Å². The van der Waals surface area contributed by atoms with E-state index in [1.165, 1.54) is 24.9 Å². The summed E-state index contributed by atoms with van der Waals surface area (Å²) < 4.78 is 0. The molecular weight excluding hydrogens is 208 g/mol. The second-order valence-electron chi connectivity index (χ2n) is 4.75. The molecule has 0 saturated heterocycles. The number of anilines is 1. The minimum Gasteiger partial charge on any atom is -0.375 e. The molecule has 0 aliphatic rings. The summed E-state index contributed by atoms with van der Waals surface area (Å²) in [5, 5.41) is 3.56. The minimum atomic E-state index is 0.655. The smallest absolute Gasteiger partial charge is 0.0363 e. The van der Waals surface area contributed by atoms with Crippen LogP contribution in [0.1, 0.15) is 33.1 Å². The minimum absolute atomic E-state index is 0.655. The van der Waals surface area contributed by atoms with Gasteiger partial charge >= 0.3 is 0 Å². The summed E-state index contributed by atoms with van der Waals surface area (Å²) in [5.74, 6) is 0. The van der Waals surface area contributed by atoms with Crippen molar-refractivity contribution in [2.75, 3.05) is 25.0 Å². The molecule has 1 aromatic carbocycles. The highest BCUT2D eigenvalue weighted by Crippen LogP contribution is 2.10. The zero-order valence-electron chi connectivity index (χ0n) is 11.4. The van der Waals surface area contributed by atoms with Crippen LogP contribution in [0.3, 0.4) is 0 Å². The summed E-state index contributed by atoms with van der Waals surface area (Å²) in [6, 6.07) is 11.2. The maximum Gasteiger partial charge on any atom is 0.0363 e. The first-order valence-electron chi connectivity index (χ1n) is 6.73. The Hall–Kier alpha value is -1.02. The van der Waals surface area contributed by atoms with E-state index < -0.39 is 0 Å². The van der Waals surface area contributed by atoms with Gasteiger partial charge in [-0.2, -0.15) is 0 Å². The Kier molecular flexibility index (Phi) is 6.71. The maximum atomic E-state index is 3.56. The van der Waals surface area contributed by atoms with Gasteiger partial charge in [-0.05, 0) is 38.4 Å². The lowest BCUT2D eigenvalue weighted by Crippen LogP contribution is -2.29. The number of para-hydroxylation sites is 1. The predicted molar refractivity (Wildman–Crippen MR) is 76.7 cm³/mol. The summed E-state index contributed by atoms with van der Waals surface area (Å²) in [7, 11) is 2.16. The molecule has 17 heavy (non-hydrogen) atoms. The van der Waals surface area contributed by atoms with Gasteiger partial charge in [0.15, 0.2) is 0 Å². The van der Waals surface area contributed by atoms with Crippen LogP contribution in [0.4, 0.5) is 5.69 Å². The molecule has 0 heterocycles. The average molecular weight is 234 g/mol. The van der Waals surface area contributed by atoms with Crippen molar-refractivity contribution in [3.63, 3.8) is 0 Å². The number of nitrogens with one attached hydrogen (secondary N) is 1. The Morgan fingerprint density at radius 3 is 2.59 bits per heavy atom. The van der Waals surface area contributed by atoms with Crippen molar-refractivity contribution in [1.82, 2.24) is 5.32 Å². The van der Waals surface area contributed by atoms with Crippen molar-refractivity contribution < 1.29 is 0 Å². The average Bonchev–Trinajstić information content (AvgIpc) is 2.36. The highest BCUT2D eigenvalue weighted by molar-refractivity contribution is 5.44. The van der Waals surface area contributed by atoms with Crippen LogP contribution in [-0.4, -0.2) is 26.2 Å². The van der Waals surface area contributed by atoms with Gasteiger partial charge in [0.1, 0.15) is 0 Å². The molecule has 0 aliphatic heterocycles. The third-order valence-corrected chi connectivity index (χ3v) is 3.08. The number of nitrogens with zero attached hydrogens (tertiary/aromatic N) is 1. The molecule has 96 valence electrons. The number of benzene rings is 1. The van der Waals surface area contributed by atoms with E-state index in [4.69, 9.17) is 0 Å². The Bertz CT molecular complexity index is 284. The van der Waals surface area contributed by atoms with Crippen LogP contribution in [0.2, 0.25) is 0 Å². The summed E-state index contributed by atoms with van der Waals surface area (Å²) in [6.07, 6.45) is 3.73. The van der Waals surface area contributed by atoms with Crippen molar-refractivity contribution in [3.05, 3.63) is 30.3 Å². The molecule has 0 amide bonds.